The van der Waals surface area contributed by atoms with Crippen molar-refractivity contribution in [3.8, 4) is 0 Å². The van der Waals surface area contributed by atoms with Crippen LogP contribution in [0.25, 0.3) is 0 Å². The molecule has 186 valence electrons. The second-order valence-corrected chi connectivity index (χ2v) is 9.68. The maximum atomic E-state index is 12.9. The normalized spacial score (nSPS) is 24.0. The highest BCUT2D eigenvalue weighted by Gasteiger charge is 2.35. The Kier molecular flexibility index (Phi) is 12.0. The zero-order chi connectivity index (χ0) is 24.5. The van der Waals surface area contributed by atoms with Crippen molar-refractivity contribution in [2.24, 2.45) is 23.3 Å². The van der Waals surface area contributed by atoms with Gasteiger partial charge in [-0.1, -0.05) is 13.8 Å². The number of aliphatic hydroxyl groups is 1. The van der Waals surface area contributed by atoms with Crippen LogP contribution < -0.4 is 11.5 Å². The summed E-state index contributed by atoms with van der Waals surface area (Å²) in [5, 5.41) is 8.94. The molecule has 0 aromatic heterocycles. The molecule has 0 bridgehead atoms. The number of aliphatic hydroxyl groups excluding tert-OH is 1. The van der Waals surface area contributed by atoms with Gasteiger partial charge in [-0.15, -0.1) is 0 Å². The highest BCUT2D eigenvalue weighted by molar-refractivity contribution is 9.10. The monoisotopic (exact) mass is 526 g/mol. The van der Waals surface area contributed by atoms with Gasteiger partial charge < -0.3 is 26.4 Å². The van der Waals surface area contributed by atoms with Gasteiger partial charge in [-0.25, -0.2) is 0 Å². The predicted molar refractivity (Wildman–Crippen MR) is 121 cm³/mol. The fourth-order valence-corrected chi connectivity index (χ4v) is 4.73. The third-order valence-electron chi connectivity index (χ3n) is 6.16. The number of halogens is 3. The van der Waals surface area contributed by atoms with E-state index in [0.717, 1.165) is 12.8 Å². The number of rotatable bonds is 9. The SMILES string of the molecule is CCC(C(N)=O)N1CCC(CO)CC1=O.CCC(CN)N1CC(CC(F)(F)Br)CCC1=O. The second kappa shape index (κ2) is 13.4. The first-order valence-corrected chi connectivity index (χ1v) is 12.0. The van der Waals surface area contributed by atoms with E-state index in [2.05, 4.69) is 15.9 Å². The molecule has 8 nitrogen and oxygen atoms in total. The molecule has 0 aromatic carbocycles. The molecule has 0 saturated carbocycles. The summed E-state index contributed by atoms with van der Waals surface area (Å²) in [7, 11) is 0. The molecule has 0 aromatic rings. The van der Waals surface area contributed by atoms with Crippen LogP contribution in [0, 0.1) is 11.8 Å². The Balaban J connectivity index is 0.000000323. The number of primary amides is 1. The van der Waals surface area contributed by atoms with E-state index in [1.807, 2.05) is 13.8 Å². The molecule has 11 heteroatoms. The lowest BCUT2D eigenvalue weighted by atomic mass is 9.93. The summed E-state index contributed by atoms with van der Waals surface area (Å²) < 4.78 is 25.8. The van der Waals surface area contributed by atoms with Gasteiger partial charge in [0.25, 0.3) is 0 Å². The number of amides is 3. The molecule has 2 rings (SSSR count). The number of likely N-dealkylation sites (tertiary alicyclic amines) is 2. The van der Waals surface area contributed by atoms with Gasteiger partial charge >= 0.3 is 4.83 Å². The van der Waals surface area contributed by atoms with Crippen LogP contribution in [0.15, 0.2) is 0 Å². The van der Waals surface area contributed by atoms with Crippen LogP contribution in [-0.4, -0.2) is 75.8 Å². The van der Waals surface area contributed by atoms with Crippen LogP contribution in [0.2, 0.25) is 0 Å². The van der Waals surface area contributed by atoms with Gasteiger partial charge in [0.05, 0.1) is 0 Å². The van der Waals surface area contributed by atoms with Crippen molar-refractivity contribution in [2.75, 3.05) is 26.2 Å². The van der Waals surface area contributed by atoms with Crippen molar-refractivity contribution in [3.63, 3.8) is 0 Å². The van der Waals surface area contributed by atoms with Crippen molar-refractivity contribution in [3.05, 3.63) is 0 Å². The van der Waals surface area contributed by atoms with E-state index >= 15 is 0 Å². The lowest BCUT2D eigenvalue weighted by Crippen LogP contribution is -2.51. The maximum Gasteiger partial charge on any atom is 0.301 e. The zero-order valence-electron chi connectivity index (χ0n) is 18.9. The Morgan fingerprint density at radius 2 is 1.84 bits per heavy atom. The molecule has 5 N–H and O–H groups in total. The first-order valence-electron chi connectivity index (χ1n) is 11.2. The van der Waals surface area contributed by atoms with E-state index in [4.69, 9.17) is 16.6 Å². The average Bonchev–Trinajstić information content (AvgIpc) is 2.72. The van der Waals surface area contributed by atoms with E-state index in [0.29, 0.717) is 45.3 Å². The number of carbonyl (C=O) groups excluding carboxylic acids is 3. The molecule has 2 aliphatic heterocycles. The fourth-order valence-electron chi connectivity index (χ4n) is 4.28. The molecular formula is C21H37BrF2N4O4. The Bertz CT molecular complexity index is 631. The number of hydrogen-bond acceptors (Lipinski definition) is 5. The van der Waals surface area contributed by atoms with Crippen molar-refractivity contribution in [2.45, 2.75) is 75.7 Å². The third-order valence-corrected chi connectivity index (χ3v) is 6.48. The van der Waals surface area contributed by atoms with E-state index < -0.39 is 16.8 Å². The van der Waals surface area contributed by atoms with Gasteiger partial charge in [-0.2, -0.15) is 8.78 Å². The van der Waals surface area contributed by atoms with E-state index in [1.165, 1.54) is 4.90 Å². The summed E-state index contributed by atoms with van der Waals surface area (Å²) in [5.41, 5.74) is 10.8. The van der Waals surface area contributed by atoms with E-state index in [9.17, 15) is 23.2 Å². The molecule has 0 radical (unpaired) electrons. The lowest BCUT2D eigenvalue weighted by molar-refractivity contribution is -0.143. The van der Waals surface area contributed by atoms with Crippen molar-refractivity contribution >= 4 is 33.7 Å². The molecule has 32 heavy (non-hydrogen) atoms. The van der Waals surface area contributed by atoms with Crippen LogP contribution in [0.5, 0.6) is 0 Å². The second-order valence-electron chi connectivity index (χ2n) is 8.52. The summed E-state index contributed by atoms with van der Waals surface area (Å²) in [5.74, 6) is -0.600. The molecule has 2 saturated heterocycles. The topological polar surface area (TPSA) is 130 Å². The number of alkyl halides is 3. The van der Waals surface area contributed by atoms with Crippen LogP contribution in [0.4, 0.5) is 8.78 Å². The van der Waals surface area contributed by atoms with Gasteiger partial charge in [-0.3, -0.25) is 14.4 Å². The average molecular weight is 527 g/mol. The Morgan fingerprint density at radius 3 is 2.28 bits per heavy atom. The first kappa shape index (κ1) is 28.7. The quantitative estimate of drug-likeness (QED) is 0.394. The molecule has 2 aliphatic rings. The molecule has 0 spiro atoms. The minimum atomic E-state index is -2.84. The summed E-state index contributed by atoms with van der Waals surface area (Å²) in [6.07, 6.45) is 3.04. The fraction of sp³-hybridized carbons (Fsp3) is 0.857. The molecule has 4 unspecified atom stereocenters. The minimum absolute atomic E-state index is 0.0192. The van der Waals surface area contributed by atoms with E-state index in [1.54, 1.807) is 4.90 Å². The first-order chi connectivity index (χ1) is 15.0. The van der Waals surface area contributed by atoms with Gasteiger partial charge in [0.1, 0.15) is 6.04 Å². The van der Waals surface area contributed by atoms with Gasteiger partial charge in [0, 0.05) is 51.5 Å². The van der Waals surface area contributed by atoms with Crippen molar-refractivity contribution in [1.82, 2.24) is 9.80 Å². The molecule has 2 heterocycles. The van der Waals surface area contributed by atoms with Gasteiger partial charge in [0.15, 0.2) is 0 Å². The van der Waals surface area contributed by atoms with Crippen LogP contribution in [0.3, 0.4) is 0 Å². The van der Waals surface area contributed by atoms with Gasteiger partial charge in [0.2, 0.25) is 17.7 Å². The molecule has 3 amide bonds. The Labute approximate surface area is 197 Å². The highest BCUT2D eigenvalue weighted by atomic mass is 79.9. The minimum Gasteiger partial charge on any atom is -0.396 e. The third kappa shape index (κ3) is 8.90. The van der Waals surface area contributed by atoms with E-state index in [-0.39, 0.29) is 42.7 Å². The molecule has 0 aliphatic carbocycles. The summed E-state index contributed by atoms with van der Waals surface area (Å²) >= 11 is 2.36. The molecular weight excluding hydrogens is 490 g/mol. The summed E-state index contributed by atoms with van der Waals surface area (Å²) in [4.78, 5) is 34.9. The standard InChI is InChI=1S/C11H19BrF2N2O.C10H18N2O3/c1-2-9(6-15)16-7-8(3-4-10(16)17)5-11(12,13)14;1-2-8(10(11)15)12-4-3-7(6-13)5-9(12)14/h8-9H,2-7,15H2,1H3;7-8,13H,2-6H2,1H3,(H2,11,15). The molecule has 4 atom stereocenters. The Hall–Kier alpha value is -1.33. The zero-order valence-corrected chi connectivity index (χ0v) is 20.5. The largest absolute Gasteiger partial charge is 0.396 e. The van der Waals surface area contributed by atoms with Crippen molar-refractivity contribution < 1.29 is 28.3 Å². The number of hydrogen-bond donors (Lipinski definition) is 3. The smallest absolute Gasteiger partial charge is 0.301 e. The predicted octanol–water partition coefficient (Wildman–Crippen LogP) is 1.82. The lowest BCUT2D eigenvalue weighted by Gasteiger charge is -2.38. The number of carbonyl (C=O) groups is 3. The van der Waals surface area contributed by atoms with Crippen LogP contribution >= 0.6 is 15.9 Å². The summed E-state index contributed by atoms with van der Waals surface area (Å²) in [6.45, 7) is 5.13. The molecule has 2 fully saturated rings. The van der Waals surface area contributed by atoms with Crippen LogP contribution in [-0.2, 0) is 14.4 Å². The maximum absolute atomic E-state index is 12.9. The Morgan fingerprint density at radius 1 is 1.19 bits per heavy atom. The highest BCUT2D eigenvalue weighted by Crippen LogP contribution is 2.34. The van der Waals surface area contributed by atoms with Crippen LogP contribution in [0.1, 0.15) is 58.8 Å². The number of nitrogens with zero attached hydrogens (tertiary/aromatic N) is 2. The van der Waals surface area contributed by atoms with Crippen molar-refractivity contribution in [1.29, 1.82) is 0 Å². The number of piperidine rings is 2. The van der Waals surface area contributed by atoms with Gasteiger partial charge in [-0.05, 0) is 53.4 Å². The summed E-state index contributed by atoms with van der Waals surface area (Å²) in [6, 6.07) is -0.508. The number of nitrogens with two attached hydrogens (primary N) is 2.